The molecule has 1 atom stereocenters. The highest BCUT2D eigenvalue weighted by atomic mass is 16.2. The first-order chi connectivity index (χ1) is 17.2. The molecule has 9 nitrogen and oxygen atoms in total. The van der Waals surface area contributed by atoms with Gasteiger partial charge >= 0.3 is 6.03 Å². The van der Waals surface area contributed by atoms with Crippen molar-refractivity contribution in [2.24, 2.45) is 0 Å². The molecule has 2 aliphatic heterocycles. The van der Waals surface area contributed by atoms with Gasteiger partial charge < -0.3 is 10.2 Å². The molecule has 3 aromatic rings. The average Bonchev–Trinajstić information content (AvgIpc) is 3.48. The van der Waals surface area contributed by atoms with Gasteiger partial charge in [0.2, 0.25) is 5.78 Å². The molecule has 0 saturated carbocycles. The van der Waals surface area contributed by atoms with Crippen molar-refractivity contribution in [3.8, 4) is 0 Å². The fourth-order valence-electron chi connectivity index (χ4n) is 4.78. The molecule has 3 N–H and O–H groups in total. The minimum atomic E-state index is -1.15. The zero-order valence-corrected chi connectivity index (χ0v) is 20.1. The summed E-state index contributed by atoms with van der Waals surface area (Å²) in [6.07, 6.45) is 1.52. The number of H-pyrrole nitrogens is 1. The van der Waals surface area contributed by atoms with Crippen LogP contribution in [0.25, 0.3) is 0 Å². The molecule has 0 radical (unpaired) electrons. The van der Waals surface area contributed by atoms with Gasteiger partial charge in [-0.25, -0.2) is 4.79 Å². The molecule has 9 heteroatoms. The first-order valence-electron chi connectivity index (χ1n) is 11.9. The summed E-state index contributed by atoms with van der Waals surface area (Å²) < 4.78 is 0. The Hall–Kier alpha value is -4.27. The van der Waals surface area contributed by atoms with Crippen molar-refractivity contribution in [1.82, 2.24) is 25.7 Å². The minimum Gasteiger partial charge on any atom is -0.339 e. The van der Waals surface area contributed by atoms with Crippen molar-refractivity contribution in [3.05, 3.63) is 88.2 Å². The smallest absolute Gasteiger partial charge is 0.322 e. The van der Waals surface area contributed by atoms with Crippen LogP contribution < -0.4 is 10.6 Å². The Bertz CT molecular complexity index is 1340. The number of imide groups is 1. The van der Waals surface area contributed by atoms with Gasteiger partial charge in [-0.05, 0) is 50.5 Å². The van der Waals surface area contributed by atoms with Crippen molar-refractivity contribution in [1.29, 1.82) is 0 Å². The van der Waals surface area contributed by atoms with Crippen molar-refractivity contribution >= 4 is 23.6 Å². The number of nitrogens with zero attached hydrogens (tertiary/aromatic N) is 2. The van der Waals surface area contributed by atoms with Gasteiger partial charge in [0.25, 0.3) is 11.8 Å². The SMILES string of the molecule is Cc1ccc(C(=O)c2cc(C3CCN(C(=O)c4ccc(C5(C)NC(=O)NC5=O)cc4)CC3)[nH]n2)cc1. The fourth-order valence-corrected chi connectivity index (χ4v) is 4.78. The van der Waals surface area contributed by atoms with Gasteiger partial charge in [-0.15, -0.1) is 0 Å². The lowest BCUT2D eigenvalue weighted by Gasteiger charge is -2.31. The molecule has 0 aliphatic carbocycles. The highest BCUT2D eigenvalue weighted by Crippen LogP contribution is 2.29. The van der Waals surface area contributed by atoms with Crippen LogP contribution in [0.2, 0.25) is 0 Å². The Morgan fingerprint density at radius 3 is 2.22 bits per heavy atom. The molecule has 2 fully saturated rings. The Labute approximate surface area is 208 Å². The molecular weight excluding hydrogens is 458 g/mol. The zero-order chi connectivity index (χ0) is 25.4. The van der Waals surface area contributed by atoms with Crippen LogP contribution >= 0.6 is 0 Å². The van der Waals surface area contributed by atoms with E-state index in [4.69, 9.17) is 0 Å². The number of piperidine rings is 1. The first-order valence-corrected chi connectivity index (χ1v) is 11.9. The quantitative estimate of drug-likeness (QED) is 0.379. The Morgan fingerprint density at radius 1 is 0.972 bits per heavy atom. The number of urea groups is 1. The predicted octanol–water partition coefficient (Wildman–Crippen LogP) is 3.02. The number of hydrogen-bond acceptors (Lipinski definition) is 5. The molecule has 1 unspecified atom stereocenters. The van der Waals surface area contributed by atoms with Gasteiger partial charge in [-0.1, -0.05) is 42.0 Å². The van der Waals surface area contributed by atoms with E-state index in [1.807, 2.05) is 42.2 Å². The summed E-state index contributed by atoms with van der Waals surface area (Å²) in [5.41, 5.74) is 2.99. The summed E-state index contributed by atoms with van der Waals surface area (Å²) in [5.74, 6) is -0.425. The maximum atomic E-state index is 13.1. The first kappa shape index (κ1) is 23.5. The maximum Gasteiger partial charge on any atom is 0.322 e. The largest absolute Gasteiger partial charge is 0.339 e. The van der Waals surface area contributed by atoms with Gasteiger partial charge in [0.1, 0.15) is 11.2 Å². The van der Waals surface area contributed by atoms with Crippen LogP contribution in [0.15, 0.2) is 54.6 Å². The second-order valence-electron chi connectivity index (χ2n) is 9.58. The molecule has 3 heterocycles. The number of rotatable bonds is 5. The zero-order valence-electron chi connectivity index (χ0n) is 20.1. The van der Waals surface area contributed by atoms with Crippen LogP contribution in [0.1, 0.15) is 68.9 Å². The van der Waals surface area contributed by atoms with Gasteiger partial charge in [-0.2, -0.15) is 5.10 Å². The van der Waals surface area contributed by atoms with Crippen LogP contribution in [0.3, 0.4) is 0 Å². The number of nitrogens with one attached hydrogen (secondary N) is 3. The van der Waals surface area contributed by atoms with E-state index in [0.717, 1.165) is 24.1 Å². The highest BCUT2D eigenvalue weighted by molar-refractivity contribution is 6.08. The molecule has 2 aliphatic rings. The Morgan fingerprint density at radius 2 is 1.61 bits per heavy atom. The third-order valence-corrected chi connectivity index (χ3v) is 7.12. The molecule has 2 aromatic carbocycles. The third-order valence-electron chi connectivity index (χ3n) is 7.12. The van der Waals surface area contributed by atoms with E-state index in [9.17, 15) is 19.2 Å². The maximum absolute atomic E-state index is 13.1. The molecular formula is C27H27N5O4. The van der Waals surface area contributed by atoms with Crippen molar-refractivity contribution in [3.63, 3.8) is 0 Å². The molecule has 0 spiro atoms. The molecule has 1 aromatic heterocycles. The lowest BCUT2D eigenvalue weighted by molar-refractivity contribution is -0.123. The van der Waals surface area contributed by atoms with Crippen molar-refractivity contribution in [2.75, 3.05) is 13.1 Å². The normalized spacial score (nSPS) is 20.2. The topological polar surface area (TPSA) is 124 Å². The molecule has 0 bridgehead atoms. The second kappa shape index (κ2) is 9.07. The molecule has 4 amide bonds. The van der Waals surface area contributed by atoms with E-state index in [2.05, 4.69) is 20.8 Å². The molecule has 5 rings (SSSR count). The number of hydrogen-bond donors (Lipinski definition) is 3. The lowest BCUT2D eigenvalue weighted by atomic mass is 9.91. The average molecular weight is 486 g/mol. The summed E-state index contributed by atoms with van der Waals surface area (Å²) in [5, 5.41) is 12.1. The number of benzene rings is 2. The van der Waals surface area contributed by atoms with E-state index in [0.29, 0.717) is 35.5 Å². The number of aromatic nitrogens is 2. The van der Waals surface area contributed by atoms with Crippen LogP contribution in [-0.2, 0) is 10.3 Å². The summed E-state index contributed by atoms with van der Waals surface area (Å²) in [6.45, 7) is 4.78. The highest BCUT2D eigenvalue weighted by Gasteiger charge is 2.43. The van der Waals surface area contributed by atoms with E-state index < -0.39 is 17.5 Å². The third kappa shape index (κ3) is 4.28. The summed E-state index contributed by atoms with van der Waals surface area (Å²) in [7, 11) is 0. The number of likely N-dealkylation sites (tertiary alicyclic amines) is 1. The number of amides is 4. The lowest BCUT2D eigenvalue weighted by Crippen LogP contribution is -2.40. The van der Waals surface area contributed by atoms with E-state index in [1.165, 1.54) is 0 Å². The van der Waals surface area contributed by atoms with E-state index >= 15 is 0 Å². The second-order valence-corrected chi connectivity index (χ2v) is 9.58. The number of carbonyl (C=O) groups is 4. The van der Waals surface area contributed by atoms with Crippen molar-refractivity contribution < 1.29 is 19.2 Å². The van der Waals surface area contributed by atoms with Crippen LogP contribution in [0, 0.1) is 6.92 Å². The fraction of sp³-hybridized carbons (Fsp3) is 0.296. The van der Waals surface area contributed by atoms with Gasteiger partial charge in [0.15, 0.2) is 0 Å². The van der Waals surface area contributed by atoms with Crippen molar-refractivity contribution in [2.45, 2.75) is 38.1 Å². The summed E-state index contributed by atoms with van der Waals surface area (Å²) >= 11 is 0. The molecule has 184 valence electrons. The molecule has 36 heavy (non-hydrogen) atoms. The predicted molar refractivity (Wildman–Crippen MR) is 132 cm³/mol. The summed E-state index contributed by atoms with van der Waals surface area (Å²) in [6, 6.07) is 15.5. The Kier molecular flexibility index (Phi) is 5.91. The number of carbonyl (C=O) groups excluding carboxylic acids is 4. The van der Waals surface area contributed by atoms with Gasteiger partial charge in [0.05, 0.1) is 0 Å². The van der Waals surface area contributed by atoms with Gasteiger partial charge in [0, 0.05) is 35.8 Å². The van der Waals surface area contributed by atoms with Gasteiger partial charge in [-0.3, -0.25) is 24.8 Å². The minimum absolute atomic E-state index is 0.0788. The number of ketones is 1. The Balaban J connectivity index is 1.20. The number of aromatic amines is 1. The van der Waals surface area contributed by atoms with Crippen LogP contribution in [0.5, 0.6) is 0 Å². The van der Waals surface area contributed by atoms with E-state index in [-0.39, 0.29) is 17.6 Å². The number of aryl methyl sites for hydroxylation is 1. The van der Waals surface area contributed by atoms with Crippen LogP contribution in [-0.4, -0.2) is 51.8 Å². The van der Waals surface area contributed by atoms with Crippen LogP contribution in [0.4, 0.5) is 4.79 Å². The monoisotopic (exact) mass is 485 g/mol. The van der Waals surface area contributed by atoms with E-state index in [1.54, 1.807) is 31.2 Å². The standard InChI is InChI=1S/C27H27N5O4/c1-16-3-5-18(6-4-16)23(33)22-15-21(30-31-22)17-11-13-32(14-12-17)24(34)19-7-9-20(10-8-19)27(2)25(35)28-26(36)29-27/h3-10,15,17H,11-14H2,1-2H3,(H,30,31)(H2,28,29,35,36). The summed E-state index contributed by atoms with van der Waals surface area (Å²) in [4.78, 5) is 51.3. The molecule has 2 saturated heterocycles.